The highest BCUT2D eigenvalue weighted by atomic mass is 15.1. The van der Waals surface area contributed by atoms with Crippen LogP contribution in [0.2, 0.25) is 0 Å². The molecule has 174 valence electrons. The van der Waals surface area contributed by atoms with E-state index in [0.29, 0.717) is 0 Å². The fraction of sp³-hybridized carbons (Fsp3) is 0.250. The fourth-order valence-electron chi connectivity index (χ4n) is 4.08. The van der Waals surface area contributed by atoms with E-state index in [9.17, 15) is 0 Å². The van der Waals surface area contributed by atoms with Crippen molar-refractivity contribution in [2.24, 2.45) is 0 Å². The lowest BCUT2D eigenvalue weighted by atomic mass is 9.86. The van der Waals surface area contributed by atoms with Crippen molar-refractivity contribution in [3.05, 3.63) is 114 Å². The number of hydrogen-bond donors (Lipinski definition) is 1. The van der Waals surface area contributed by atoms with Crippen molar-refractivity contribution in [3.8, 4) is 0 Å². The molecular weight excluding hydrogens is 412 g/mol. The molecule has 4 aromatic rings. The highest BCUT2D eigenvalue weighted by Gasteiger charge is 2.20. The molecule has 0 amide bonds. The van der Waals surface area contributed by atoms with Gasteiger partial charge in [-0.15, -0.1) is 0 Å². The molecule has 0 saturated heterocycles. The Morgan fingerprint density at radius 1 is 0.471 bits per heavy atom. The number of para-hydroxylation sites is 1. The molecule has 0 bridgehead atoms. The van der Waals surface area contributed by atoms with Crippen molar-refractivity contribution in [3.63, 3.8) is 0 Å². The molecule has 0 fully saturated rings. The summed E-state index contributed by atoms with van der Waals surface area (Å²) in [5, 5.41) is 3.55. The first-order chi connectivity index (χ1) is 16.1. The predicted octanol–water partition coefficient (Wildman–Crippen LogP) is 9.49. The maximum absolute atomic E-state index is 3.55. The summed E-state index contributed by atoms with van der Waals surface area (Å²) in [5.41, 5.74) is 8.38. The zero-order valence-electron chi connectivity index (χ0n) is 21.3. The van der Waals surface area contributed by atoms with Crippen LogP contribution in [0.1, 0.15) is 52.7 Å². The van der Waals surface area contributed by atoms with Gasteiger partial charge in [0.05, 0.1) is 0 Å². The molecule has 0 unspecified atom stereocenters. The van der Waals surface area contributed by atoms with Gasteiger partial charge >= 0.3 is 0 Å². The molecule has 0 aliphatic carbocycles. The Hall–Kier alpha value is -3.52. The van der Waals surface area contributed by atoms with Gasteiger partial charge in [0.2, 0.25) is 0 Å². The van der Waals surface area contributed by atoms with Gasteiger partial charge < -0.3 is 10.2 Å². The van der Waals surface area contributed by atoms with E-state index in [1.54, 1.807) is 0 Å². The van der Waals surface area contributed by atoms with Gasteiger partial charge in [0.15, 0.2) is 0 Å². The van der Waals surface area contributed by atoms with E-state index in [1.165, 1.54) is 11.1 Å². The summed E-state index contributed by atoms with van der Waals surface area (Å²) in [6.45, 7) is 13.6. The number of nitrogens with one attached hydrogen (secondary N) is 1. The minimum absolute atomic E-state index is 0.0751. The fourth-order valence-corrected chi connectivity index (χ4v) is 4.08. The van der Waals surface area contributed by atoms with Gasteiger partial charge in [-0.05, 0) is 76.6 Å². The second-order valence-electron chi connectivity index (χ2n) is 11.0. The van der Waals surface area contributed by atoms with Gasteiger partial charge in [0.25, 0.3) is 0 Å². The smallest absolute Gasteiger partial charge is 0.0482 e. The summed E-state index contributed by atoms with van der Waals surface area (Å²) in [4.78, 5) is 2.36. The van der Waals surface area contributed by atoms with Crippen molar-refractivity contribution in [2.45, 2.75) is 52.4 Å². The summed E-state index contributed by atoms with van der Waals surface area (Å²) in [7, 11) is 0. The van der Waals surface area contributed by atoms with Gasteiger partial charge in [-0.1, -0.05) is 90.1 Å². The second kappa shape index (κ2) is 9.38. The van der Waals surface area contributed by atoms with Crippen LogP contribution in [0.5, 0.6) is 0 Å². The third-order valence-electron chi connectivity index (χ3n) is 6.11. The van der Waals surface area contributed by atoms with Gasteiger partial charge in [-0.2, -0.15) is 0 Å². The second-order valence-corrected chi connectivity index (χ2v) is 11.0. The van der Waals surface area contributed by atoms with Crippen LogP contribution in [0.3, 0.4) is 0 Å². The van der Waals surface area contributed by atoms with Crippen LogP contribution in [0, 0.1) is 0 Å². The lowest BCUT2D eigenvalue weighted by molar-refractivity contribution is 0.590. The monoisotopic (exact) mass is 448 g/mol. The van der Waals surface area contributed by atoms with E-state index in [-0.39, 0.29) is 10.8 Å². The highest BCUT2D eigenvalue weighted by Crippen LogP contribution is 2.39. The molecule has 2 heteroatoms. The van der Waals surface area contributed by atoms with Crippen molar-refractivity contribution in [2.75, 3.05) is 10.2 Å². The standard InChI is InChI=1S/C32H36N2/c1-31(2,3)24-13-10-18-28(21-24)34(29-19-11-14-25(22-29)32(4,5)6)30-20-12-17-27(23-30)33-26-15-8-7-9-16-26/h7-23,33H,1-6H3. The topological polar surface area (TPSA) is 15.3 Å². The lowest BCUT2D eigenvalue weighted by Crippen LogP contribution is -2.16. The Bertz CT molecular complexity index is 1190. The molecule has 0 radical (unpaired) electrons. The zero-order chi connectivity index (χ0) is 24.3. The Labute approximate surface area is 205 Å². The number of nitrogens with zero attached hydrogens (tertiary/aromatic N) is 1. The quantitative estimate of drug-likeness (QED) is 0.327. The van der Waals surface area contributed by atoms with E-state index >= 15 is 0 Å². The summed E-state index contributed by atoms with van der Waals surface area (Å²) in [6.07, 6.45) is 0. The van der Waals surface area contributed by atoms with E-state index in [4.69, 9.17) is 0 Å². The van der Waals surface area contributed by atoms with Gasteiger partial charge in [-0.25, -0.2) is 0 Å². The maximum Gasteiger partial charge on any atom is 0.0482 e. The van der Waals surface area contributed by atoms with Crippen LogP contribution in [-0.2, 0) is 10.8 Å². The minimum atomic E-state index is 0.0751. The lowest BCUT2D eigenvalue weighted by Gasteiger charge is -2.29. The van der Waals surface area contributed by atoms with Crippen LogP contribution in [0.4, 0.5) is 28.4 Å². The normalized spacial score (nSPS) is 11.8. The van der Waals surface area contributed by atoms with E-state index < -0.39 is 0 Å². The molecule has 0 spiro atoms. The van der Waals surface area contributed by atoms with Gasteiger partial charge in [0, 0.05) is 28.4 Å². The van der Waals surface area contributed by atoms with Crippen LogP contribution in [0.15, 0.2) is 103 Å². The van der Waals surface area contributed by atoms with Crippen LogP contribution < -0.4 is 10.2 Å². The van der Waals surface area contributed by atoms with Crippen LogP contribution in [-0.4, -0.2) is 0 Å². The molecule has 4 rings (SSSR count). The SMILES string of the molecule is CC(C)(C)c1cccc(N(c2cccc(Nc3ccccc3)c2)c2cccc(C(C)(C)C)c2)c1. The molecule has 1 N–H and O–H groups in total. The third kappa shape index (κ3) is 5.51. The predicted molar refractivity (Wildman–Crippen MR) is 148 cm³/mol. The zero-order valence-corrected chi connectivity index (χ0v) is 21.3. The molecular formula is C32H36N2. The molecule has 4 aromatic carbocycles. The summed E-state index contributed by atoms with van der Waals surface area (Å²) in [5.74, 6) is 0. The minimum Gasteiger partial charge on any atom is -0.355 e. The number of benzene rings is 4. The van der Waals surface area contributed by atoms with Crippen molar-refractivity contribution in [1.29, 1.82) is 0 Å². The van der Waals surface area contributed by atoms with Gasteiger partial charge in [-0.3, -0.25) is 0 Å². The molecule has 0 atom stereocenters. The van der Waals surface area contributed by atoms with E-state index in [1.807, 2.05) is 6.07 Å². The molecule has 0 aliphatic heterocycles. The maximum atomic E-state index is 3.55. The summed E-state index contributed by atoms with van der Waals surface area (Å²) < 4.78 is 0. The molecule has 0 saturated carbocycles. The average Bonchev–Trinajstić information content (AvgIpc) is 2.80. The summed E-state index contributed by atoms with van der Waals surface area (Å²) >= 11 is 0. The van der Waals surface area contributed by atoms with Gasteiger partial charge in [0.1, 0.15) is 0 Å². The van der Waals surface area contributed by atoms with E-state index in [2.05, 4.69) is 149 Å². The Morgan fingerprint density at radius 3 is 1.41 bits per heavy atom. The number of anilines is 5. The third-order valence-corrected chi connectivity index (χ3v) is 6.11. The van der Waals surface area contributed by atoms with Crippen molar-refractivity contribution in [1.82, 2.24) is 0 Å². The number of hydrogen-bond acceptors (Lipinski definition) is 2. The molecule has 0 heterocycles. The first-order valence-corrected chi connectivity index (χ1v) is 12.0. The summed E-state index contributed by atoms with van der Waals surface area (Å²) in [6, 6.07) is 36.8. The van der Waals surface area contributed by atoms with Crippen molar-refractivity contribution >= 4 is 28.4 Å². The molecule has 0 aliphatic rings. The Kier molecular flexibility index (Phi) is 6.52. The first-order valence-electron chi connectivity index (χ1n) is 12.0. The highest BCUT2D eigenvalue weighted by molar-refractivity contribution is 5.79. The first kappa shape index (κ1) is 23.6. The largest absolute Gasteiger partial charge is 0.355 e. The van der Waals surface area contributed by atoms with Crippen molar-refractivity contribution < 1.29 is 0 Å². The Morgan fingerprint density at radius 2 is 0.912 bits per heavy atom. The molecule has 2 nitrogen and oxygen atoms in total. The van der Waals surface area contributed by atoms with Crippen LogP contribution in [0.25, 0.3) is 0 Å². The average molecular weight is 449 g/mol. The molecule has 0 aromatic heterocycles. The van der Waals surface area contributed by atoms with E-state index in [0.717, 1.165) is 28.4 Å². The number of rotatable bonds is 5. The Balaban J connectivity index is 1.84. The molecule has 34 heavy (non-hydrogen) atoms. The van der Waals surface area contributed by atoms with Crippen LogP contribution >= 0.6 is 0 Å².